The third kappa shape index (κ3) is 5.80. The lowest BCUT2D eigenvalue weighted by atomic mass is 9.74. The van der Waals surface area contributed by atoms with E-state index in [1.54, 1.807) is 17.1 Å². The number of esters is 1. The predicted octanol–water partition coefficient (Wildman–Crippen LogP) is 1.91. The van der Waals surface area contributed by atoms with Gasteiger partial charge in [0.05, 0.1) is 24.7 Å². The summed E-state index contributed by atoms with van der Waals surface area (Å²) in [6.45, 7) is 6.06. The summed E-state index contributed by atoms with van der Waals surface area (Å²) in [5, 5.41) is 12.6. The number of methoxy groups -OCH3 is 1. The minimum absolute atomic E-state index is 0.0806. The summed E-state index contributed by atoms with van der Waals surface area (Å²) in [5.74, 6) is -3.57. The molecule has 5 bridgehead atoms. The topological polar surface area (TPSA) is 135 Å². The fraction of sp³-hybridized carbons (Fsp3) is 0.576. The molecule has 0 aromatic heterocycles. The number of aliphatic hydroxyl groups is 1. The number of fused-ring (bicyclic) bond motifs is 2. The molecular formula is C33H43N3O8. The van der Waals surface area contributed by atoms with Crippen molar-refractivity contribution < 1.29 is 38.5 Å². The van der Waals surface area contributed by atoms with Crippen LogP contribution in [0.15, 0.2) is 54.6 Å². The molecule has 0 radical (unpaired) electrons. The molecule has 0 aliphatic carbocycles. The lowest BCUT2D eigenvalue weighted by molar-refractivity contribution is -0.162. The molecule has 2 fully saturated rings. The number of ether oxygens (including phenoxy) is 3. The molecule has 1 aromatic carbocycles. The SMILES string of the molecule is COC[C@H]1NC(=O)CC/C=C\CN(C(C)(C)C)C(=O)[C@@H]2N(CCCO)C(=O)[C@H]3[C@H](C(=O)O[C@@H]1c1ccccc1)[C@@H]1C=C[C@]23O1. The number of likely N-dealkylation sites (tertiary alicyclic amines) is 1. The first kappa shape index (κ1) is 31.9. The molecule has 0 saturated carbocycles. The Hall–Kier alpha value is -3.54. The minimum Gasteiger partial charge on any atom is -0.455 e. The van der Waals surface area contributed by atoms with E-state index in [0.29, 0.717) is 12.0 Å². The van der Waals surface area contributed by atoms with Crippen molar-refractivity contribution in [2.75, 3.05) is 33.4 Å². The molecule has 238 valence electrons. The van der Waals surface area contributed by atoms with Gasteiger partial charge in [-0.05, 0) is 39.2 Å². The smallest absolute Gasteiger partial charge is 0.313 e. The fourth-order valence-corrected chi connectivity index (χ4v) is 6.94. The fourth-order valence-electron chi connectivity index (χ4n) is 6.94. The maximum atomic E-state index is 14.5. The highest BCUT2D eigenvalue weighted by Crippen LogP contribution is 2.56. The molecule has 1 aromatic rings. The van der Waals surface area contributed by atoms with Gasteiger partial charge in [-0.1, -0.05) is 54.6 Å². The van der Waals surface area contributed by atoms with Gasteiger partial charge in [0, 0.05) is 38.8 Å². The second kappa shape index (κ2) is 12.8. The summed E-state index contributed by atoms with van der Waals surface area (Å²) < 4.78 is 18.1. The number of rotatable bonds is 6. The van der Waals surface area contributed by atoms with Crippen LogP contribution in [-0.4, -0.2) is 101 Å². The normalized spacial score (nSPS) is 33.4. The van der Waals surface area contributed by atoms with Crippen molar-refractivity contribution in [3.05, 3.63) is 60.2 Å². The maximum absolute atomic E-state index is 14.5. The molecule has 7 atom stereocenters. The number of nitrogens with one attached hydrogen (secondary N) is 1. The largest absolute Gasteiger partial charge is 0.455 e. The number of benzene rings is 1. The molecular weight excluding hydrogens is 566 g/mol. The zero-order chi connectivity index (χ0) is 31.6. The van der Waals surface area contributed by atoms with Crippen molar-refractivity contribution in [1.82, 2.24) is 15.1 Å². The van der Waals surface area contributed by atoms with Crippen LogP contribution in [-0.2, 0) is 33.4 Å². The lowest BCUT2D eigenvalue weighted by Gasteiger charge is -2.41. The summed E-state index contributed by atoms with van der Waals surface area (Å²) in [6.07, 6.45) is 6.44. The molecule has 0 unspecified atom stereocenters. The summed E-state index contributed by atoms with van der Waals surface area (Å²) >= 11 is 0. The average molecular weight is 610 g/mol. The summed E-state index contributed by atoms with van der Waals surface area (Å²) in [5.41, 5.74) is -1.31. The van der Waals surface area contributed by atoms with Crippen molar-refractivity contribution in [2.45, 2.75) is 75.5 Å². The highest BCUT2D eigenvalue weighted by atomic mass is 16.6. The lowest BCUT2D eigenvalue weighted by Crippen LogP contribution is -2.59. The molecule has 1 spiro atoms. The Kier molecular flexibility index (Phi) is 9.29. The van der Waals surface area contributed by atoms with Gasteiger partial charge in [0.25, 0.3) is 0 Å². The van der Waals surface area contributed by atoms with Crippen LogP contribution < -0.4 is 5.32 Å². The van der Waals surface area contributed by atoms with Gasteiger partial charge in [-0.2, -0.15) is 0 Å². The summed E-state index contributed by atoms with van der Waals surface area (Å²) in [4.78, 5) is 59.1. The van der Waals surface area contributed by atoms with Gasteiger partial charge in [0.2, 0.25) is 17.7 Å². The van der Waals surface area contributed by atoms with Crippen molar-refractivity contribution in [3.8, 4) is 0 Å². The molecule has 11 heteroatoms. The average Bonchev–Trinajstić information content (AvgIpc) is 3.62. The number of nitrogens with zero attached hydrogens (tertiary/aromatic N) is 2. The van der Waals surface area contributed by atoms with Crippen LogP contribution in [0.1, 0.15) is 51.7 Å². The molecule has 5 rings (SSSR count). The van der Waals surface area contributed by atoms with Gasteiger partial charge in [0.1, 0.15) is 23.7 Å². The molecule has 44 heavy (non-hydrogen) atoms. The third-order valence-electron chi connectivity index (χ3n) is 8.93. The monoisotopic (exact) mass is 609 g/mol. The molecule has 4 heterocycles. The number of carbonyl (C=O) groups excluding carboxylic acids is 4. The van der Waals surface area contributed by atoms with Crippen molar-refractivity contribution in [1.29, 1.82) is 0 Å². The second-order valence-electron chi connectivity index (χ2n) is 12.8. The van der Waals surface area contributed by atoms with E-state index >= 15 is 0 Å². The Balaban J connectivity index is 1.60. The minimum atomic E-state index is -1.36. The summed E-state index contributed by atoms with van der Waals surface area (Å²) in [6, 6.07) is 7.37. The van der Waals surface area contributed by atoms with Gasteiger partial charge in [-0.25, -0.2) is 0 Å². The van der Waals surface area contributed by atoms with Gasteiger partial charge >= 0.3 is 5.97 Å². The Bertz CT molecular complexity index is 1310. The van der Waals surface area contributed by atoms with E-state index in [0.717, 1.165) is 0 Å². The molecule has 4 aliphatic rings. The van der Waals surface area contributed by atoms with E-state index in [4.69, 9.17) is 14.2 Å². The van der Waals surface area contributed by atoms with E-state index in [1.165, 1.54) is 12.0 Å². The third-order valence-corrected chi connectivity index (χ3v) is 8.93. The zero-order valence-corrected chi connectivity index (χ0v) is 25.8. The number of hydrogen-bond donors (Lipinski definition) is 2. The first-order valence-corrected chi connectivity index (χ1v) is 15.3. The van der Waals surface area contributed by atoms with Crippen LogP contribution >= 0.6 is 0 Å². The number of cyclic esters (lactones) is 1. The number of carbonyl (C=O) groups is 4. The van der Waals surface area contributed by atoms with Gasteiger partial charge < -0.3 is 34.4 Å². The first-order valence-electron chi connectivity index (χ1n) is 15.3. The quantitative estimate of drug-likeness (QED) is 0.369. The molecule has 2 N–H and O–H groups in total. The van der Waals surface area contributed by atoms with Gasteiger partial charge in [-0.3, -0.25) is 19.2 Å². The van der Waals surface area contributed by atoms with Crippen LogP contribution in [0, 0.1) is 11.8 Å². The number of allylic oxidation sites excluding steroid dienone is 1. The second-order valence-corrected chi connectivity index (χ2v) is 12.8. The maximum Gasteiger partial charge on any atom is 0.313 e. The number of aliphatic hydroxyl groups excluding tert-OH is 1. The Morgan fingerprint density at radius 3 is 2.52 bits per heavy atom. The standard InChI is InChI=1S/C33H43N3O8/c1-32(2,3)36-18-10-6-9-14-24(38)34-22(20-42-4)27(21-12-7-5-8-13-21)43-31(41)25-23-15-16-33(44-23)26(25)29(39)35(17-11-19-37)28(33)30(36)40/h5-8,10,12-13,15-16,22-23,25-28,37H,9,11,14,17-20H2,1-4H3,(H,34,38)/b10-6-/t22-,23+,25-,26-,27-,28+,33-/m1/s1. The van der Waals surface area contributed by atoms with Crippen LogP contribution in [0.4, 0.5) is 0 Å². The van der Waals surface area contributed by atoms with E-state index < -0.39 is 53.2 Å². The van der Waals surface area contributed by atoms with Crippen LogP contribution in [0.25, 0.3) is 0 Å². The number of hydrogen-bond acceptors (Lipinski definition) is 8. The highest BCUT2D eigenvalue weighted by molar-refractivity contribution is 5.99. The van der Waals surface area contributed by atoms with Crippen molar-refractivity contribution >= 4 is 23.7 Å². The Morgan fingerprint density at radius 2 is 1.84 bits per heavy atom. The van der Waals surface area contributed by atoms with Crippen molar-refractivity contribution in [2.24, 2.45) is 11.8 Å². The first-order chi connectivity index (χ1) is 21.0. The van der Waals surface area contributed by atoms with Crippen LogP contribution in [0.5, 0.6) is 0 Å². The zero-order valence-electron chi connectivity index (χ0n) is 25.8. The van der Waals surface area contributed by atoms with Gasteiger partial charge in [-0.15, -0.1) is 0 Å². The van der Waals surface area contributed by atoms with E-state index in [2.05, 4.69) is 5.32 Å². The highest BCUT2D eigenvalue weighted by Gasteiger charge is 2.73. The number of amides is 3. The molecule has 4 aliphatic heterocycles. The Morgan fingerprint density at radius 1 is 1.09 bits per heavy atom. The van der Waals surface area contributed by atoms with Gasteiger partial charge in [0.15, 0.2) is 0 Å². The summed E-state index contributed by atoms with van der Waals surface area (Å²) in [7, 11) is 1.51. The van der Waals surface area contributed by atoms with Crippen molar-refractivity contribution in [3.63, 3.8) is 0 Å². The predicted molar refractivity (Wildman–Crippen MR) is 160 cm³/mol. The molecule has 3 amide bonds. The van der Waals surface area contributed by atoms with E-state index in [1.807, 2.05) is 63.3 Å². The van der Waals surface area contributed by atoms with E-state index in [-0.39, 0.29) is 56.9 Å². The molecule has 11 nitrogen and oxygen atoms in total. The Labute approximate surface area is 258 Å². The van der Waals surface area contributed by atoms with Crippen LogP contribution in [0.3, 0.4) is 0 Å². The molecule has 2 saturated heterocycles. The van der Waals surface area contributed by atoms with Crippen LogP contribution in [0.2, 0.25) is 0 Å². The van der Waals surface area contributed by atoms with E-state index in [9.17, 15) is 24.3 Å².